The van der Waals surface area contributed by atoms with Crippen molar-refractivity contribution in [1.82, 2.24) is 0 Å². The zero-order valence-electron chi connectivity index (χ0n) is 35.3. The third-order valence-corrected chi connectivity index (χ3v) is 16.5. The number of fused-ring (bicyclic) bond motifs is 10. The van der Waals surface area contributed by atoms with E-state index in [1.54, 1.807) is 0 Å². The Kier molecular flexibility index (Phi) is 8.10. The van der Waals surface area contributed by atoms with Gasteiger partial charge in [0.05, 0.1) is 13.8 Å². The lowest BCUT2D eigenvalue weighted by atomic mass is 9.74. The summed E-state index contributed by atoms with van der Waals surface area (Å²) in [5.41, 5.74) is 16.6. The van der Waals surface area contributed by atoms with Crippen LogP contribution >= 0.6 is 11.3 Å². The molecule has 0 radical (unpaired) electrons. The Bertz CT molecular complexity index is 3130. The third-order valence-electron chi connectivity index (χ3n) is 13.2. The number of thiophene rings is 1. The molecule has 0 saturated carbocycles. The molecule has 0 atom stereocenters. The molecule has 60 heavy (non-hydrogen) atoms. The van der Waals surface area contributed by atoms with Crippen molar-refractivity contribution in [2.24, 2.45) is 0 Å². The third kappa shape index (κ3) is 5.45. The van der Waals surface area contributed by atoms with Crippen molar-refractivity contribution >= 4 is 80.7 Å². The largest absolute Gasteiger partial charge is 0.454 e. The lowest BCUT2D eigenvalue weighted by Gasteiger charge is -2.31. The standard InChI is InChI=1S/C55H48N2OSSi/c1-54(2)45-33-38(56(35-17-10-8-11-18-35)37-25-29-40(30-26-37)60(5,6)7)27-31-43(45)52-49(54)50-53(59-52)44-32-28-39(34-46(44)55(50,3)4)57(36-19-12-9-13-20-36)47-23-16-22-42-41-21-14-15-24-48(41)58-51(42)47/h8-34H,1-7H3. The van der Waals surface area contributed by atoms with Gasteiger partial charge in [0.2, 0.25) is 0 Å². The molecular weight excluding hydrogens is 765 g/mol. The van der Waals surface area contributed by atoms with Gasteiger partial charge in [-0.3, -0.25) is 0 Å². The summed E-state index contributed by atoms with van der Waals surface area (Å²) in [6, 6.07) is 60.0. The van der Waals surface area contributed by atoms with E-state index in [1.165, 1.54) is 59.7 Å². The van der Waals surface area contributed by atoms with Crippen molar-refractivity contribution in [3.05, 3.63) is 186 Å². The fourth-order valence-corrected chi connectivity index (χ4v) is 13.0. The van der Waals surface area contributed by atoms with Crippen LogP contribution in [0.5, 0.6) is 0 Å². The van der Waals surface area contributed by atoms with Crippen molar-refractivity contribution < 1.29 is 4.42 Å². The van der Waals surface area contributed by atoms with E-state index in [1.807, 2.05) is 17.4 Å². The summed E-state index contributed by atoms with van der Waals surface area (Å²) in [6.07, 6.45) is 0. The number of benzene rings is 7. The van der Waals surface area contributed by atoms with E-state index in [2.05, 4.69) is 215 Å². The molecule has 7 aromatic carbocycles. The van der Waals surface area contributed by atoms with Gasteiger partial charge >= 0.3 is 0 Å². The number of hydrogen-bond donors (Lipinski definition) is 0. The fourth-order valence-electron chi connectivity index (χ4n) is 10.1. The maximum atomic E-state index is 6.63. The van der Waals surface area contributed by atoms with Gasteiger partial charge in [-0.1, -0.05) is 144 Å². The molecule has 0 unspecified atom stereocenters. The first-order valence-corrected chi connectivity index (χ1v) is 25.4. The summed E-state index contributed by atoms with van der Waals surface area (Å²) in [5.74, 6) is 0. The maximum absolute atomic E-state index is 6.63. The lowest BCUT2D eigenvalue weighted by Crippen LogP contribution is -2.37. The first kappa shape index (κ1) is 36.9. The van der Waals surface area contributed by atoms with Crippen LogP contribution in [0.4, 0.5) is 34.1 Å². The second kappa shape index (κ2) is 13.2. The highest BCUT2D eigenvalue weighted by Gasteiger charge is 2.48. The highest BCUT2D eigenvalue weighted by atomic mass is 32.1. The number of nitrogens with zero attached hydrogens (tertiary/aromatic N) is 2. The first-order chi connectivity index (χ1) is 28.9. The predicted molar refractivity (Wildman–Crippen MR) is 259 cm³/mol. The lowest BCUT2D eigenvalue weighted by molar-refractivity contribution is 0.603. The highest BCUT2D eigenvalue weighted by molar-refractivity contribution is 7.19. The average molecular weight is 813 g/mol. The molecule has 2 aromatic heterocycles. The van der Waals surface area contributed by atoms with E-state index in [0.29, 0.717) is 0 Å². The monoisotopic (exact) mass is 812 g/mol. The molecule has 0 aliphatic heterocycles. The molecule has 0 spiro atoms. The minimum Gasteiger partial charge on any atom is -0.454 e. The van der Waals surface area contributed by atoms with Crippen LogP contribution in [0, 0.1) is 0 Å². The van der Waals surface area contributed by atoms with Crippen molar-refractivity contribution in [2.45, 2.75) is 58.2 Å². The molecular formula is C55H48N2OSSi. The van der Waals surface area contributed by atoms with Gasteiger partial charge in [-0.05, 0) is 106 Å². The smallest absolute Gasteiger partial charge is 0.159 e. The number of para-hydroxylation sites is 4. The van der Waals surface area contributed by atoms with Crippen LogP contribution in [-0.4, -0.2) is 8.07 Å². The van der Waals surface area contributed by atoms with Crippen LogP contribution in [0.2, 0.25) is 19.6 Å². The molecule has 2 aliphatic rings. The SMILES string of the molecule is CC1(C)c2cc(N(c3ccccc3)c3ccc([Si](C)(C)C)cc3)ccc2-c2sc3c(c21)C(C)(C)c1cc(N(c2ccccc2)c2cccc4c2oc2ccccc24)ccc1-3. The molecule has 0 amide bonds. The molecule has 3 nitrogen and oxygen atoms in total. The number of furan rings is 1. The highest BCUT2D eigenvalue weighted by Crippen LogP contribution is 2.64. The van der Waals surface area contributed by atoms with Crippen molar-refractivity contribution in [2.75, 3.05) is 9.80 Å². The second-order valence-electron chi connectivity index (χ2n) is 18.6. The molecule has 294 valence electrons. The van der Waals surface area contributed by atoms with Gasteiger partial charge in [0.15, 0.2) is 5.58 Å². The Hall–Kier alpha value is -6.14. The molecule has 0 bridgehead atoms. The van der Waals surface area contributed by atoms with Gasteiger partial charge < -0.3 is 14.2 Å². The summed E-state index contributed by atoms with van der Waals surface area (Å²) in [6.45, 7) is 17.0. The summed E-state index contributed by atoms with van der Waals surface area (Å²) in [4.78, 5) is 7.62. The summed E-state index contributed by atoms with van der Waals surface area (Å²) < 4.78 is 6.63. The Balaban J connectivity index is 1.01. The van der Waals surface area contributed by atoms with Gasteiger partial charge in [-0.25, -0.2) is 0 Å². The molecule has 0 saturated heterocycles. The van der Waals surface area contributed by atoms with E-state index in [4.69, 9.17) is 4.42 Å². The van der Waals surface area contributed by atoms with Crippen LogP contribution in [0.1, 0.15) is 49.9 Å². The Morgan fingerprint density at radius 1 is 0.467 bits per heavy atom. The first-order valence-electron chi connectivity index (χ1n) is 21.1. The predicted octanol–water partition coefficient (Wildman–Crippen LogP) is 15.7. The quantitative estimate of drug-likeness (QED) is 0.149. The minimum absolute atomic E-state index is 0.191. The van der Waals surface area contributed by atoms with E-state index in [-0.39, 0.29) is 10.8 Å². The van der Waals surface area contributed by atoms with Crippen molar-refractivity contribution in [3.63, 3.8) is 0 Å². The minimum atomic E-state index is -1.44. The van der Waals surface area contributed by atoms with Gasteiger partial charge in [0.1, 0.15) is 5.58 Å². The molecule has 2 heterocycles. The van der Waals surface area contributed by atoms with Crippen molar-refractivity contribution in [1.29, 1.82) is 0 Å². The van der Waals surface area contributed by atoms with E-state index < -0.39 is 8.07 Å². The Morgan fingerprint density at radius 2 is 0.950 bits per heavy atom. The molecule has 5 heteroatoms. The van der Waals surface area contributed by atoms with E-state index in [0.717, 1.165) is 44.7 Å². The topological polar surface area (TPSA) is 19.6 Å². The van der Waals surface area contributed by atoms with Crippen LogP contribution in [-0.2, 0) is 10.8 Å². The van der Waals surface area contributed by atoms with Gasteiger partial charge in [-0.15, -0.1) is 11.3 Å². The van der Waals surface area contributed by atoms with Gasteiger partial charge in [0.25, 0.3) is 0 Å². The van der Waals surface area contributed by atoms with Crippen LogP contribution in [0.3, 0.4) is 0 Å². The van der Waals surface area contributed by atoms with Gasteiger partial charge in [-0.2, -0.15) is 0 Å². The Morgan fingerprint density at radius 3 is 1.53 bits per heavy atom. The fraction of sp³-hybridized carbons (Fsp3) is 0.164. The molecule has 0 N–H and O–H groups in total. The maximum Gasteiger partial charge on any atom is 0.159 e. The zero-order chi connectivity index (χ0) is 41.1. The van der Waals surface area contributed by atoms with Crippen LogP contribution < -0.4 is 15.0 Å². The summed E-state index contributed by atoms with van der Waals surface area (Å²) >= 11 is 1.98. The molecule has 11 rings (SSSR count). The number of hydrogen-bond acceptors (Lipinski definition) is 4. The summed E-state index contributed by atoms with van der Waals surface area (Å²) in [7, 11) is -1.44. The van der Waals surface area contributed by atoms with Crippen LogP contribution in [0.25, 0.3) is 42.8 Å². The molecule has 0 fully saturated rings. The number of anilines is 6. The second-order valence-corrected chi connectivity index (χ2v) is 24.7. The molecule has 2 aliphatic carbocycles. The normalized spacial score (nSPS) is 14.5. The molecule has 9 aromatic rings. The Labute approximate surface area is 358 Å². The van der Waals surface area contributed by atoms with E-state index in [9.17, 15) is 0 Å². The van der Waals surface area contributed by atoms with E-state index >= 15 is 0 Å². The number of rotatable bonds is 7. The van der Waals surface area contributed by atoms with Crippen molar-refractivity contribution in [3.8, 4) is 20.9 Å². The zero-order valence-corrected chi connectivity index (χ0v) is 37.1. The average Bonchev–Trinajstić information content (AvgIpc) is 3.96. The van der Waals surface area contributed by atoms with Crippen LogP contribution in [0.15, 0.2) is 168 Å². The summed E-state index contributed by atoms with van der Waals surface area (Å²) in [5, 5.41) is 3.73. The van der Waals surface area contributed by atoms with Gasteiger partial charge in [0, 0.05) is 59.8 Å².